The van der Waals surface area contributed by atoms with E-state index in [1.54, 1.807) is 6.08 Å². The number of allylic oxidation sites excluding steroid dienone is 2. The summed E-state index contributed by atoms with van der Waals surface area (Å²) in [5, 5.41) is 0. The molecule has 108 valence electrons. The molecule has 0 radical (unpaired) electrons. The minimum absolute atomic E-state index is 0.0558. The number of aromatic amines is 1. The van der Waals surface area contributed by atoms with Crippen molar-refractivity contribution in [3.8, 4) is 11.9 Å². The number of H-pyrrole nitrogens is 1. The molecule has 3 rings (SSSR count). The number of fused-ring (bicyclic) bond motifs is 1. The summed E-state index contributed by atoms with van der Waals surface area (Å²) in [5.74, 6) is 1.17. The van der Waals surface area contributed by atoms with Crippen LogP contribution in [0.25, 0.3) is 5.57 Å². The first-order valence-corrected chi connectivity index (χ1v) is 6.39. The predicted molar refractivity (Wildman–Crippen MR) is 73.7 cm³/mol. The lowest BCUT2D eigenvalue weighted by atomic mass is 10.0. The van der Waals surface area contributed by atoms with Crippen LogP contribution in [-0.4, -0.2) is 15.0 Å². The van der Waals surface area contributed by atoms with Crippen LogP contribution in [0.15, 0.2) is 40.2 Å². The molecular formula is C14H13N3O4. The fourth-order valence-electron chi connectivity index (χ4n) is 2.01. The molecule has 0 spiro atoms. The Labute approximate surface area is 119 Å². The third kappa shape index (κ3) is 2.58. The van der Waals surface area contributed by atoms with Crippen molar-refractivity contribution in [1.29, 1.82) is 0 Å². The van der Waals surface area contributed by atoms with Crippen LogP contribution in [0.1, 0.15) is 24.7 Å². The van der Waals surface area contributed by atoms with Gasteiger partial charge in [-0.05, 0) is 18.1 Å². The lowest BCUT2D eigenvalue weighted by molar-refractivity contribution is 0.245. The largest absolute Gasteiger partial charge is 0.456 e. The van der Waals surface area contributed by atoms with Gasteiger partial charge < -0.3 is 13.9 Å². The number of hydrogen-bond donors (Lipinski definition) is 1. The van der Waals surface area contributed by atoms with Gasteiger partial charge in [-0.15, -0.1) is 0 Å². The molecule has 0 unspecified atom stereocenters. The van der Waals surface area contributed by atoms with Crippen LogP contribution in [0.5, 0.6) is 11.9 Å². The number of nitrogens with zero attached hydrogens (tertiary/aromatic N) is 2. The van der Waals surface area contributed by atoms with Crippen molar-refractivity contribution in [2.45, 2.75) is 20.0 Å². The smallest absolute Gasteiger partial charge is 0.300 e. The molecule has 0 aromatic carbocycles. The molecule has 0 atom stereocenters. The third-order valence-corrected chi connectivity index (χ3v) is 2.96. The maximum absolute atomic E-state index is 12.2. The van der Waals surface area contributed by atoms with E-state index in [2.05, 4.69) is 21.5 Å². The molecule has 0 fully saturated rings. The maximum Gasteiger partial charge on any atom is 0.300 e. The Kier molecular flexibility index (Phi) is 3.31. The van der Waals surface area contributed by atoms with E-state index in [1.165, 1.54) is 12.6 Å². The molecule has 2 aromatic rings. The summed E-state index contributed by atoms with van der Waals surface area (Å²) in [7, 11) is 0. The van der Waals surface area contributed by atoms with Gasteiger partial charge >= 0.3 is 0 Å². The third-order valence-electron chi connectivity index (χ3n) is 2.96. The van der Waals surface area contributed by atoms with Gasteiger partial charge in [-0.3, -0.25) is 9.78 Å². The van der Waals surface area contributed by atoms with Gasteiger partial charge in [0, 0.05) is 0 Å². The van der Waals surface area contributed by atoms with Crippen LogP contribution in [0.2, 0.25) is 0 Å². The predicted octanol–water partition coefficient (Wildman–Crippen LogP) is 2.04. The Balaban J connectivity index is 1.91. The van der Waals surface area contributed by atoms with Crippen LogP contribution in [0.4, 0.5) is 0 Å². The van der Waals surface area contributed by atoms with Gasteiger partial charge in [0.25, 0.3) is 11.6 Å². The Morgan fingerprint density at radius 1 is 1.48 bits per heavy atom. The molecule has 1 N–H and O–H groups in total. The summed E-state index contributed by atoms with van der Waals surface area (Å²) in [6.07, 6.45) is 5.23. The summed E-state index contributed by atoms with van der Waals surface area (Å²) in [4.78, 5) is 22.7. The quantitative estimate of drug-likeness (QED) is 0.925. The molecule has 21 heavy (non-hydrogen) atoms. The first-order valence-electron chi connectivity index (χ1n) is 6.39. The van der Waals surface area contributed by atoms with Gasteiger partial charge in [-0.25, -0.2) is 4.98 Å². The topological polar surface area (TPSA) is 90.2 Å². The van der Waals surface area contributed by atoms with Crippen molar-refractivity contribution < 1.29 is 13.9 Å². The Hall–Kier alpha value is -2.83. The molecule has 0 saturated heterocycles. The van der Waals surface area contributed by atoms with Crippen molar-refractivity contribution in [3.63, 3.8) is 0 Å². The second-order valence-corrected chi connectivity index (χ2v) is 4.40. The molecule has 3 heterocycles. The number of aromatic nitrogens is 3. The fraction of sp³-hybridized carbons (Fsp3) is 0.214. The van der Waals surface area contributed by atoms with Crippen LogP contribution < -0.4 is 15.0 Å². The van der Waals surface area contributed by atoms with Crippen molar-refractivity contribution in [3.05, 3.63) is 52.7 Å². The van der Waals surface area contributed by atoms with Crippen LogP contribution in [0, 0.1) is 0 Å². The highest BCUT2D eigenvalue weighted by Crippen LogP contribution is 2.31. The highest BCUT2D eigenvalue weighted by Gasteiger charge is 2.21. The van der Waals surface area contributed by atoms with Crippen molar-refractivity contribution in [1.82, 2.24) is 15.0 Å². The minimum atomic E-state index is -0.312. The Morgan fingerprint density at radius 2 is 2.33 bits per heavy atom. The second kappa shape index (κ2) is 5.28. The summed E-state index contributed by atoms with van der Waals surface area (Å²) in [6.45, 7) is 5.80. The molecule has 7 heteroatoms. The number of ether oxygens (including phenoxy) is 2. The first-order chi connectivity index (χ1) is 10.2. The van der Waals surface area contributed by atoms with Gasteiger partial charge in [0.15, 0.2) is 18.8 Å². The van der Waals surface area contributed by atoms with E-state index in [9.17, 15) is 4.79 Å². The Bertz CT molecular complexity index is 759. The zero-order chi connectivity index (χ0) is 14.8. The zero-order valence-corrected chi connectivity index (χ0v) is 11.4. The average Bonchev–Trinajstić information content (AvgIpc) is 2.97. The van der Waals surface area contributed by atoms with Crippen molar-refractivity contribution in [2.24, 2.45) is 0 Å². The van der Waals surface area contributed by atoms with Gasteiger partial charge in [-0.1, -0.05) is 13.5 Å². The van der Waals surface area contributed by atoms with Gasteiger partial charge in [-0.2, -0.15) is 4.98 Å². The van der Waals surface area contributed by atoms with E-state index in [0.717, 1.165) is 5.57 Å². The number of oxazole rings is 1. The molecule has 7 nitrogen and oxygen atoms in total. The van der Waals surface area contributed by atoms with E-state index in [1.807, 2.05) is 6.92 Å². The molecule has 0 aliphatic carbocycles. The minimum Gasteiger partial charge on any atom is -0.456 e. The summed E-state index contributed by atoms with van der Waals surface area (Å²) < 4.78 is 15.8. The highest BCUT2D eigenvalue weighted by molar-refractivity contribution is 5.72. The number of nitrogens with one attached hydrogen (secondary N) is 1. The normalized spacial score (nSPS) is 13.4. The first kappa shape index (κ1) is 13.2. The van der Waals surface area contributed by atoms with E-state index in [-0.39, 0.29) is 24.1 Å². The van der Waals surface area contributed by atoms with E-state index in [0.29, 0.717) is 23.5 Å². The number of rotatable bonds is 4. The standard InChI is InChI=1S/C14H13N3O4/c1-3-9-4-8(2)21-13-11(9)12(18)16-14(17-13)19-6-10-5-15-7-20-10/h4-5,7H,2-3,6H2,1H3,(H,16,17,18). The Morgan fingerprint density at radius 3 is 3.05 bits per heavy atom. The number of hydrogen-bond acceptors (Lipinski definition) is 6. The van der Waals surface area contributed by atoms with Gasteiger partial charge in [0.05, 0.1) is 6.20 Å². The molecule has 0 amide bonds. The van der Waals surface area contributed by atoms with Crippen molar-refractivity contribution >= 4 is 5.57 Å². The molecular weight excluding hydrogens is 274 g/mol. The second-order valence-electron chi connectivity index (χ2n) is 4.40. The summed E-state index contributed by atoms with van der Waals surface area (Å²) in [5.41, 5.74) is 0.932. The summed E-state index contributed by atoms with van der Waals surface area (Å²) >= 11 is 0. The van der Waals surface area contributed by atoms with Crippen molar-refractivity contribution in [2.75, 3.05) is 0 Å². The van der Waals surface area contributed by atoms with Gasteiger partial charge in [0.1, 0.15) is 11.3 Å². The molecule has 1 aliphatic heterocycles. The van der Waals surface area contributed by atoms with E-state index < -0.39 is 0 Å². The average molecular weight is 287 g/mol. The SMILES string of the molecule is C=C1C=C(CC)c2c(nc(OCc3cnco3)[nH]c2=O)O1. The molecule has 2 aromatic heterocycles. The lowest BCUT2D eigenvalue weighted by Crippen LogP contribution is -2.19. The van der Waals surface area contributed by atoms with Crippen LogP contribution in [0.3, 0.4) is 0 Å². The van der Waals surface area contributed by atoms with Gasteiger partial charge in [0.2, 0.25) is 5.88 Å². The maximum atomic E-state index is 12.2. The molecule has 0 bridgehead atoms. The lowest BCUT2D eigenvalue weighted by Gasteiger charge is -2.17. The molecule has 0 saturated carbocycles. The van der Waals surface area contributed by atoms with E-state index in [4.69, 9.17) is 13.9 Å². The zero-order valence-electron chi connectivity index (χ0n) is 11.4. The highest BCUT2D eigenvalue weighted by atomic mass is 16.5. The molecule has 1 aliphatic rings. The van der Waals surface area contributed by atoms with Crippen LogP contribution >= 0.6 is 0 Å². The van der Waals surface area contributed by atoms with E-state index >= 15 is 0 Å². The van der Waals surface area contributed by atoms with Crippen LogP contribution in [-0.2, 0) is 6.61 Å². The monoisotopic (exact) mass is 287 g/mol. The summed E-state index contributed by atoms with van der Waals surface area (Å²) in [6, 6.07) is 0.0558. The fourth-order valence-corrected chi connectivity index (χ4v) is 2.01.